The van der Waals surface area contributed by atoms with Gasteiger partial charge >= 0.3 is 0 Å². The van der Waals surface area contributed by atoms with Crippen LogP contribution in [-0.4, -0.2) is 48.4 Å². The van der Waals surface area contributed by atoms with Crippen molar-refractivity contribution in [3.63, 3.8) is 0 Å². The highest BCUT2D eigenvalue weighted by atomic mass is 16.1. The van der Waals surface area contributed by atoms with E-state index in [1.54, 1.807) is 0 Å². The van der Waals surface area contributed by atoms with Gasteiger partial charge in [-0.15, -0.1) is 0 Å². The van der Waals surface area contributed by atoms with Crippen LogP contribution in [0.5, 0.6) is 0 Å². The largest absolute Gasteiger partial charge is 0.300 e. The van der Waals surface area contributed by atoms with Gasteiger partial charge in [0.1, 0.15) is 5.78 Å². The highest BCUT2D eigenvalue weighted by Gasteiger charge is 2.24. The van der Waals surface area contributed by atoms with Gasteiger partial charge in [-0.3, -0.25) is 14.6 Å². The lowest BCUT2D eigenvalue weighted by Crippen LogP contribution is -2.45. The van der Waals surface area contributed by atoms with E-state index in [0.717, 1.165) is 19.0 Å². The van der Waals surface area contributed by atoms with Crippen molar-refractivity contribution in [3.05, 3.63) is 0 Å². The van der Waals surface area contributed by atoms with Crippen molar-refractivity contribution in [2.45, 2.75) is 79.1 Å². The summed E-state index contributed by atoms with van der Waals surface area (Å²) in [7, 11) is 0. The monoisotopic (exact) mass is 324 g/mol. The number of ketones is 1. The molecule has 2 saturated heterocycles. The Labute approximate surface area is 144 Å². The third-order valence-electron chi connectivity index (χ3n) is 5.42. The molecule has 0 amide bonds. The van der Waals surface area contributed by atoms with Gasteiger partial charge in [-0.2, -0.15) is 0 Å². The Bertz CT molecular complexity index is 303. The molecule has 2 heterocycles. The van der Waals surface area contributed by atoms with E-state index in [0.29, 0.717) is 18.1 Å². The van der Waals surface area contributed by atoms with Crippen molar-refractivity contribution in [2.24, 2.45) is 11.8 Å². The molecule has 3 heteroatoms. The maximum atomic E-state index is 11.5. The Kier molecular flexibility index (Phi) is 10.8. The molecule has 0 aromatic heterocycles. The van der Waals surface area contributed by atoms with Crippen LogP contribution in [-0.2, 0) is 4.79 Å². The number of Topliss-reactive ketones (excluding diaryl/α,β-unsaturated/α-hetero) is 1. The van der Waals surface area contributed by atoms with Crippen LogP contribution >= 0.6 is 0 Å². The summed E-state index contributed by atoms with van der Waals surface area (Å²) < 4.78 is 0. The molecule has 2 aliphatic rings. The van der Waals surface area contributed by atoms with E-state index in [-0.39, 0.29) is 0 Å². The normalized spacial score (nSPS) is 21.7. The lowest BCUT2D eigenvalue weighted by molar-refractivity contribution is -0.120. The van der Waals surface area contributed by atoms with Crippen LogP contribution in [0, 0.1) is 11.8 Å². The molecular weight excluding hydrogens is 284 g/mol. The van der Waals surface area contributed by atoms with Crippen molar-refractivity contribution in [3.8, 4) is 0 Å². The zero-order chi connectivity index (χ0) is 17.1. The Balaban J connectivity index is 0.00000127. The first-order valence-corrected chi connectivity index (χ1v) is 10.2. The first kappa shape index (κ1) is 20.6. The molecule has 0 spiro atoms. The molecule has 0 N–H and O–H groups in total. The van der Waals surface area contributed by atoms with Gasteiger partial charge in [-0.05, 0) is 63.7 Å². The quantitative estimate of drug-likeness (QED) is 0.685. The molecule has 3 nitrogen and oxygen atoms in total. The van der Waals surface area contributed by atoms with Crippen molar-refractivity contribution >= 4 is 5.78 Å². The highest BCUT2D eigenvalue weighted by Crippen LogP contribution is 2.24. The van der Waals surface area contributed by atoms with Crippen molar-refractivity contribution in [1.29, 1.82) is 0 Å². The maximum Gasteiger partial charge on any atom is 0.132 e. The van der Waals surface area contributed by atoms with E-state index < -0.39 is 0 Å². The van der Waals surface area contributed by atoms with E-state index >= 15 is 0 Å². The lowest BCUT2D eigenvalue weighted by Gasteiger charge is -2.38. The van der Waals surface area contributed by atoms with Gasteiger partial charge in [0.05, 0.1) is 6.67 Å². The predicted octanol–water partition coefficient (Wildman–Crippen LogP) is 4.56. The number of nitrogens with zero attached hydrogens (tertiary/aromatic N) is 2. The lowest BCUT2D eigenvalue weighted by atomic mass is 9.91. The smallest absolute Gasteiger partial charge is 0.132 e. The van der Waals surface area contributed by atoms with Crippen molar-refractivity contribution < 1.29 is 4.79 Å². The Morgan fingerprint density at radius 3 is 1.78 bits per heavy atom. The average molecular weight is 325 g/mol. The molecule has 0 bridgehead atoms. The van der Waals surface area contributed by atoms with Crippen LogP contribution < -0.4 is 0 Å². The molecule has 0 aliphatic carbocycles. The summed E-state index contributed by atoms with van der Waals surface area (Å²) in [6.45, 7) is 14.4. The Morgan fingerprint density at radius 1 is 0.870 bits per heavy atom. The molecule has 0 aromatic rings. The molecule has 0 atom stereocenters. The van der Waals surface area contributed by atoms with E-state index in [1.165, 1.54) is 64.7 Å². The fourth-order valence-corrected chi connectivity index (χ4v) is 3.91. The molecule has 2 rings (SSSR count). The first-order chi connectivity index (χ1) is 11.2. The summed E-state index contributed by atoms with van der Waals surface area (Å²) in [5.74, 6) is 2.09. The number of hydrogen-bond donors (Lipinski definition) is 0. The second-order valence-electron chi connectivity index (χ2n) is 7.15. The third-order valence-corrected chi connectivity index (χ3v) is 5.42. The molecule has 0 radical (unpaired) electrons. The fraction of sp³-hybridized carbons (Fsp3) is 0.950. The molecular formula is C20H40N2O. The minimum atomic E-state index is 0.450. The Morgan fingerprint density at radius 2 is 1.35 bits per heavy atom. The van der Waals surface area contributed by atoms with E-state index in [2.05, 4.69) is 16.7 Å². The van der Waals surface area contributed by atoms with E-state index in [9.17, 15) is 4.79 Å². The average Bonchev–Trinajstić information content (AvgIpc) is 2.60. The summed E-state index contributed by atoms with van der Waals surface area (Å²) in [6.07, 6.45) is 9.54. The van der Waals surface area contributed by atoms with Crippen molar-refractivity contribution in [1.82, 2.24) is 9.80 Å². The van der Waals surface area contributed by atoms with Crippen molar-refractivity contribution in [2.75, 3.05) is 32.8 Å². The van der Waals surface area contributed by atoms with Crippen LogP contribution in [0.2, 0.25) is 0 Å². The van der Waals surface area contributed by atoms with Crippen LogP contribution in [0.25, 0.3) is 0 Å². The molecule has 0 unspecified atom stereocenters. The van der Waals surface area contributed by atoms with Crippen LogP contribution in [0.3, 0.4) is 0 Å². The molecule has 136 valence electrons. The van der Waals surface area contributed by atoms with Crippen LogP contribution in [0.1, 0.15) is 79.1 Å². The van der Waals surface area contributed by atoms with Gasteiger partial charge in [0.25, 0.3) is 0 Å². The van der Waals surface area contributed by atoms with Gasteiger partial charge < -0.3 is 0 Å². The minimum absolute atomic E-state index is 0.450. The summed E-state index contributed by atoms with van der Waals surface area (Å²) >= 11 is 0. The maximum absolute atomic E-state index is 11.5. The molecule has 2 aliphatic heterocycles. The summed E-state index contributed by atoms with van der Waals surface area (Å²) in [6, 6.07) is 0. The third kappa shape index (κ3) is 7.80. The number of rotatable bonds is 7. The summed E-state index contributed by atoms with van der Waals surface area (Å²) in [5.41, 5.74) is 0. The SMILES string of the molecule is CC.CCCC1CCN(CN2CCC(CC(=O)CC)CC2)CC1. The van der Waals surface area contributed by atoms with E-state index in [1.807, 2.05) is 20.8 Å². The summed E-state index contributed by atoms with van der Waals surface area (Å²) in [4.78, 5) is 16.8. The number of likely N-dealkylation sites (tertiary alicyclic amines) is 2. The van der Waals surface area contributed by atoms with Crippen LogP contribution in [0.15, 0.2) is 0 Å². The van der Waals surface area contributed by atoms with Gasteiger partial charge in [0.2, 0.25) is 0 Å². The molecule has 0 saturated carbocycles. The van der Waals surface area contributed by atoms with Gasteiger partial charge in [-0.1, -0.05) is 40.5 Å². The zero-order valence-corrected chi connectivity index (χ0v) is 16.1. The number of carbonyl (C=O) groups is 1. The molecule has 23 heavy (non-hydrogen) atoms. The molecule has 2 fully saturated rings. The highest BCUT2D eigenvalue weighted by molar-refractivity contribution is 5.78. The first-order valence-electron chi connectivity index (χ1n) is 10.2. The standard InChI is InChI=1S/C18H34N2O.C2H6/c1-3-5-16-6-10-19(11-7-16)15-20-12-8-17(9-13-20)14-18(21)4-2;1-2/h16-17H,3-15H2,1-2H3;1-2H3. The minimum Gasteiger partial charge on any atom is -0.300 e. The van der Waals surface area contributed by atoms with Crippen LogP contribution in [0.4, 0.5) is 0 Å². The summed E-state index contributed by atoms with van der Waals surface area (Å²) in [5, 5.41) is 0. The fourth-order valence-electron chi connectivity index (χ4n) is 3.91. The van der Waals surface area contributed by atoms with Gasteiger partial charge in [-0.25, -0.2) is 0 Å². The Hall–Kier alpha value is -0.410. The van der Waals surface area contributed by atoms with Gasteiger partial charge in [0.15, 0.2) is 0 Å². The zero-order valence-electron chi connectivity index (χ0n) is 16.1. The van der Waals surface area contributed by atoms with E-state index in [4.69, 9.17) is 0 Å². The second kappa shape index (κ2) is 12.0. The number of carbonyl (C=O) groups excluding carboxylic acids is 1. The second-order valence-corrected chi connectivity index (χ2v) is 7.15. The predicted molar refractivity (Wildman–Crippen MR) is 99.6 cm³/mol. The topological polar surface area (TPSA) is 23.6 Å². The van der Waals surface area contributed by atoms with Gasteiger partial charge in [0, 0.05) is 12.8 Å². The number of hydrogen-bond acceptors (Lipinski definition) is 3. The number of piperidine rings is 2. The molecule has 0 aromatic carbocycles.